The largest absolute Gasteiger partial charge is 0.481 e. The van der Waals surface area contributed by atoms with Crippen molar-refractivity contribution < 1.29 is 29.9 Å². The Balaban J connectivity index is 0.000000251. The van der Waals surface area contributed by atoms with Crippen molar-refractivity contribution in [2.24, 2.45) is 0 Å². The third-order valence-electron chi connectivity index (χ3n) is 14.4. The first-order valence-corrected chi connectivity index (χ1v) is 32.9. The first-order valence-electron chi connectivity index (χ1n) is 31.9. The molecule has 7 aromatic rings. The molecular formula is C81H98O6S. The third kappa shape index (κ3) is 28.2. The maximum absolute atomic E-state index is 10.5. The van der Waals surface area contributed by atoms with Gasteiger partial charge in [0, 0.05) is 27.1 Å². The molecule has 0 aliphatic rings. The Morgan fingerprint density at radius 3 is 1.33 bits per heavy atom. The lowest BCUT2D eigenvalue weighted by Gasteiger charge is -2.20. The van der Waals surface area contributed by atoms with Crippen LogP contribution in [0.15, 0.2) is 169 Å². The van der Waals surface area contributed by atoms with E-state index in [1.165, 1.54) is 40.8 Å². The molecule has 0 amide bonds. The fraction of sp³-hybridized carbons (Fsp3) is 0.383. The molecule has 0 fully saturated rings. The summed E-state index contributed by atoms with van der Waals surface area (Å²) in [5.41, 5.74) is 12.0. The summed E-state index contributed by atoms with van der Waals surface area (Å²) in [5, 5.41) is 40.7. The van der Waals surface area contributed by atoms with Crippen LogP contribution in [0, 0.1) is 75.1 Å². The number of para-hydroxylation sites is 2. The highest BCUT2D eigenvalue weighted by Crippen LogP contribution is 2.27. The van der Waals surface area contributed by atoms with Crippen LogP contribution in [0.25, 0.3) is 0 Å². The minimum absolute atomic E-state index is 0.353. The van der Waals surface area contributed by atoms with Gasteiger partial charge in [-0.1, -0.05) is 237 Å². The summed E-state index contributed by atoms with van der Waals surface area (Å²) >= 11 is 1.79. The van der Waals surface area contributed by atoms with Gasteiger partial charge >= 0.3 is 0 Å². The van der Waals surface area contributed by atoms with E-state index in [-0.39, 0.29) is 6.10 Å². The minimum atomic E-state index is -0.818. The number of rotatable bonds is 23. The van der Waals surface area contributed by atoms with E-state index in [1.54, 1.807) is 11.8 Å². The minimum Gasteiger partial charge on any atom is -0.481 e. The summed E-state index contributed by atoms with van der Waals surface area (Å²) in [4.78, 5) is 1.33. The zero-order valence-electron chi connectivity index (χ0n) is 54.4. The Bertz CT molecular complexity index is 3220. The summed E-state index contributed by atoms with van der Waals surface area (Å²) < 4.78 is 11.3. The fourth-order valence-electron chi connectivity index (χ4n) is 9.76. The summed E-state index contributed by atoms with van der Waals surface area (Å²) in [7, 11) is 0. The van der Waals surface area contributed by atoms with Crippen LogP contribution >= 0.6 is 11.8 Å². The van der Waals surface area contributed by atoms with E-state index in [9.17, 15) is 20.4 Å². The molecule has 4 N–H and O–H groups in total. The summed E-state index contributed by atoms with van der Waals surface area (Å²) in [6.07, 6.45) is 12.4. The molecule has 0 aliphatic heterocycles. The summed E-state index contributed by atoms with van der Waals surface area (Å²) in [6.45, 7) is 21.7. The van der Waals surface area contributed by atoms with Gasteiger partial charge in [0.15, 0.2) is 0 Å². The molecule has 6 nitrogen and oxygen atoms in total. The van der Waals surface area contributed by atoms with E-state index in [1.807, 2.05) is 141 Å². The number of aryl methyl sites for hydroxylation is 5. The molecule has 0 spiro atoms. The lowest BCUT2D eigenvalue weighted by Crippen LogP contribution is -2.25. The molecule has 0 bridgehead atoms. The third-order valence-corrected chi connectivity index (χ3v) is 15.6. The van der Waals surface area contributed by atoms with Crippen molar-refractivity contribution in [3.63, 3.8) is 0 Å². The molecule has 0 unspecified atom stereocenters. The van der Waals surface area contributed by atoms with Crippen molar-refractivity contribution in [3.8, 4) is 58.9 Å². The predicted molar refractivity (Wildman–Crippen MR) is 371 cm³/mol. The standard InChI is InChI=1S/C21H24O2.C21H24OS.C20H30O.C19H20O2/c2*1-4-8-20(22)19-13-6-11-18(15-19)12-7-14-23-21-16(2)9-5-10-17(21)3;1-4-7-8-10-18-11-9-12-19(17-18)13-16-20(21,14-5-2)15-6-3;1-2-8-19(20)17-11-6-9-16(15-17)10-7-14-21-18-12-4-3-5-13-18/h2*5-6,9-11,13,15,20,22H,4,8,14H2,1-3H3;9,11-12,17,21H,4-8,10,14-15H2,1-3H3;3-6,9,11-13,15,19-20H,2,8,14H2,1H3/t2*20-;;19-/m11.1/s1. The van der Waals surface area contributed by atoms with Crippen molar-refractivity contribution >= 4 is 11.8 Å². The molecule has 0 saturated heterocycles. The van der Waals surface area contributed by atoms with Crippen LogP contribution in [-0.2, 0) is 6.42 Å². The van der Waals surface area contributed by atoms with Crippen LogP contribution < -0.4 is 9.47 Å². The molecule has 0 aliphatic carbocycles. The van der Waals surface area contributed by atoms with Gasteiger partial charge in [-0.3, -0.25) is 0 Å². The highest BCUT2D eigenvalue weighted by molar-refractivity contribution is 7.99. The van der Waals surface area contributed by atoms with Crippen LogP contribution in [-0.4, -0.2) is 45.0 Å². The monoisotopic (exact) mass is 1200 g/mol. The Morgan fingerprint density at radius 1 is 0.432 bits per heavy atom. The Morgan fingerprint density at radius 2 is 0.864 bits per heavy atom. The van der Waals surface area contributed by atoms with Crippen molar-refractivity contribution in [1.82, 2.24) is 0 Å². The average molecular weight is 1200 g/mol. The lowest BCUT2D eigenvalue weighted by atomic mass is 9.93. The van der Waals surface area contributed by atoms with E-state index >= 15 is 0 Å². The van der Waals surface area contributed by atoms with E-state index in [4.69, 9.17) is 9.47 Å². The summed E-state index contributed by atoms with van der Waals surface area (Å²) in [5.74, 6) is 27.5. The van der Waals surface area contributed by atoms with E-state index in [0.717, 1.165) is 138 Å². The zero-order chi connectivity index (χ0) is 63.8. The highest BCUT2D eigenvalue weighted by Gasteiger charge is 2.21. The number of aliphatic hydroxyl groups excluding tert-OH is 3. The second-order valence-electron chi connectivity index (χ2n) is 22.3. The summed E-state index contributed by atoms with van der Waals surface area (Å²) in [6, 6.07) is 54.0. The number of aliphatic hydroxyl groups is 4. The van der Waals surface area contributed by atoms with Gasteiger partial charge in [0.05, 0.1) is 24.1 Å². The second kappa shape index (κ2) is 42.5. The van der Waals surface area contributed by atoms with Gasteiger partial charge in [0.25, 0.3) is 0 Å². The number of ether oxygens (including phenoxy) is 2. The quantitative estimate of drug-likeness (QED) is 0.0288. The van der Waals surface area contributed by atoms with Gasteiger partial charge < -0.3 is 29.9 Å². The molecule has 7 rings (SSSR count). The highest BCUT2D eigenvalue weighted by atomic mass is 32.2. The van der Waals surface area contributed by atoms with Crippen molar-refractivity contribution in [2.45, 2.75) is 188 Å². The molecule has 3 atom stereocenters. The molecule has 7 heteroatoms. The molecule has 0 heterocycles. The first kappa shape index (κ1) is 73.0. The molecule has 0 aromatic heterocycles. The van der Waals surface area contributed by atoms with Crippen LogP contribution in [0.5, 0.6) is 11.5 Å². The molecular weight excluding hydrogens is 1100 g/mol. The van der Waals surface area contributed by atoms with E-state index in [2.05, 4.69) is 139 Å². The van der Waals surface area contributed by atoms with E-state index < -0.39 is 17.8 Å². The normalized spacial score (nSPS) is 11.4. The number of thioether (sulfide) groups is 1. The van der Waals surface area contributed by atoms with Crippen molar-refractivity contribution in [3.05, 3.63) is 231 Å². The van der Waals surface area contributed by atoms with Crippen molar-refractivity contribution in [2.75, 3.05) is 19.0 Å². The maximum Gasteiger partial charge on any atom is 0.149 e. The van der Waals surface area contributed by atoms with Crippen LogP contribution in [0.4, 0.5) is 0 Å². The van der Waals surface area contributed by atoms with Crippen LogP contribution in [0.3, 0.4) is 0 Å². The Labute approximate surface area is 535 Å². The number of benzene rings is 7. The predicted octanol–water partition coefficient (Wildman–Crippen LogP) is 18.9. The van der Waals surface area contributed by atoms with Gasteiger partial charge in [-0.25, -0.2) is 0 Å². The number of unbranched alkanes of at least 4 members (excludes halogenated alkanes) is 2. The first-order chi connectivity index (χ1) is 42.7. The SMILES string of the molecule is CCCCCc1cccc(C#CC(O)(CCC)CCC)c1.CCC[C@@H](O)c1cccc(C#CCOc2c(C)cccc2C)c1.CCC[C@@H](O)c1cccc(C#CCOc2ccccc2)c1.CCC[C@@H](O)c1cccc(C#CCSc2c(C)cccc2C)c1. The van der Waals surface area contributed by atoms with E-state index in [0.29, 0.717) is 13.2 Å². The lowest BCUT2D eigenvalue weighted by molar-refractivity contribution is 0.0807. The molecule has 0 saturated carbocycles. The smallest absolute Gasteiger partial charge is 0.149 e. The topological polar surface area (TPSA) is 99.4 Å². The fourth-order valence-corrected chi connectivity index (χ4v) is 10.6. The van der Waals surface area contributed by atoms with Gasteiger partial charge in [0.1, 0.15) is 30.3 Å². The van der Waals surface area contributed by atoms with Gasteiger partial charge in [0.2, 0.25) is 0 Å². The van der Waals surface area contributed by atoms with Gasteiger partial charge in [-0.2, -0.15) is 0 Å². The maximum atomic E-state index is 10.5. The Hall–Kier alpha value is -7.43. The molecule has 7 aromatic carbocycles. The molecule has 88 heavy (non-hydrogen) atoms. The molecule has 464 valence electrons. The second-order valence-corrected chi connectivity index (χ2v) is 23.2. The van der Waals surface area contributed by atoms with Crippen LogP contribution in [0.1, 0.15) is 210 Å². The average Bonchev–Trinajstić information content (AvgIpc) is 3.62. The van der Waals surface area contributed by atoms with Crippen LogP contribution in [0.2, 0.25) is 0 Å². The zero-order valence-corrected chi connectivity index (χ0v) is 55.2. The van der Waals surface area contributed by atoms with Gasteiger partial charge in [-0.05, 0) is 178 Å². The van der Waals surface area contributed by atoms with Crippen molar-refractivity contribution in [1.29, 1.82) is 0 Å². The number of hydrogen-bond donors (Lipinski definition) is 4. The molecule has 0 radical (unpaired) electrons. The van der Waals surface area contributed by atoms with Gasteiger partial charge in [-0.15, -0.1) is 11.8 Å². The number of hydrogen-bond acceptors (Lipinski definition) is 7. The Kier molecular flexibility index (Phi) is 35.2.